The van der Waals surface area contributed by atoms with Crippen molar-refractivity contribution in [2.45, 2.75) is 43.6 Å². The molecule has 0 aliphatic carbocycles. The maximum atomic E-state index is 12.7. The molecule has 1 aliphatic heterocycles. The average Bonchev–Trinajstić information content (AvgIpc) is 2.55. The summed E-state index contributed by atoms with van der Waals surface area (Å²) >= 11 is 0. The lowest BCUT2D eigenvalue weighted by molar-refractivity contribution is 0.0209. The largest absolute Gasteiger partial charge is 0.378 e. The number of benzene rings is 1. The van der Waals surface area contributed by atoms with Crippen molar-refractivity contribution in [3.63, 3.8) is 0 Å². The molecule has 2 N–H and O–H groups in total. The van der Waals surface area contributed by atoms with Crippen LogP contribution in [0, 0.1) is 0 Å². The highest BCUT2D eigenvalue weighted by Crippen LogP contribution is 2.23. The fourth-order valence-electron chi connectivity index (χ4n) is 2.65. The van der Waals surface area contributed by atoms with Crippen LogP contribution in [-0.4, -0.2) is 45.1 Å². The van der Waals surface area contributed by atoms with Gasteiger partial charge in [0.2, 0.25) is 10.0 Å². The Bertz CT molecular complexity index is 567. The first-order valence-electron chi connectivity index (χ1n) is 7.98. The normalized spacial score (nSPS) is 17.7. The van der Waals surface area contributed by atoms with Crippen LogP contribution in [0.25, 0.3) is 0 Å². The summed E-state index contributed by atoms with van der Waals surface area (Å²) in [5, 5.41) is 0. The van der Waals surface area contributed by atoms with E-state index >= 15 is 0 Å². The van der Waals surface area contributed by atoms with Crippen LogP contribution in [0.2, 0.25) is 0 Å². The summed E-state index contributed by atoms with van der Waals surface area (Å²) in [6.07, 6.45) is 3.33. The van der Waals surface area contributed by atoms with Gasteiger partial charge in [-0.3, -0.25) is 0 Å². The molecule has 1 aromatic carbocycles. The van der Waals surface area contributed by atoms with E-state index in [0.717, 1.165) is 31.2 Å². The first kappa shape index (κ1) is 17.4. The van der Waals surface area contributed by atoms with Gasteiger partial charge in [0.05, 0.1) is 11.0 Å². The quantitative estimate of drug-likeness (QED) is 0.775. The SMILES string of the molecule is CCc1cccc(S(=O)(=O)N2CCC(OCCCN)CC2)c1. The number of nitrogens with two attached hydrogens (primary N) is 1. The molecule has 124 valence electrons. The summed E-state index contributed by atoms with van der Waals surface area (Å²) in [6, 6.07) is 7.22. The number of aryl methyl sites for hydroxylation is 1. The van der Waals surface area contributed by atoms with Crippen LogP contribution < -0.4 is 5.73 Å². The standard InChI is InChI=1S/C16H26N2O3S/c1-2-14-5-3-6-16(13-14)22(19,20)18-10-7-15(8-11-18)21-12-4-9-17/h3,5-6,13,15H,2,4,7-12,17H2,1H3. The Kier molecular flexibility index (Phi) is 6.37. The molecule has 0 saturated carbocycles. The lowest BCUT2D eigenvalue weighted by atomic mass is 10.1. The molecule has 0 spiro atoms. The average molecular weight is 326 g/mol. The van der Waals surface area contributed by atoms with E-state index in [4.69, 9.17) is 10.5 Å². The molecular formula is C16H26N2O3S. The van der Waals surface area contributed by atoms with Gasteiger partial charge < -0.3 is 10.5 Å². The second kappa shape index (κ2) is 8.06. The van der Waals surface area contributed by atoms with E-state index in [9.17, 15) is 8.42 Å². The van der Waals surface area contributed by atoms with Crippen LogP contribution in [-0.2, 0) is 21.2 Å². The molecule has 6 heteroatoms. The molecule has 2 rings (SSSR count). The number of piperidine rings is 1. The Morgan fingerprint density at radius 3 is 2.68 bits per heavy atom. The number of nitrogens with zero attached hydrogens (tertiary/aromatic N) is 1. The van der Waals surface area contributed by atoms with E-state index in [2.05, 4.69) is 0 Å². The number of rotatable bonds is 7. The Balaban J connectivity index is 1.97. The van der Waals surface area contributed by atoms with Gasteiger partial charge in [0.25, 0.3) is 0 Å². The van der Waals surface area contributed by atoms with Crippen molar-refractivity contribution in [1.82, 2.24) is 4.31 Å². The van der Waals surface area contributed by atoms with Gasteiger partial charge in [0.1, 0.15) is 0 Å². The van der Waals surface area contributed by atoms with Gasteiger partial charge in [-0.25, -0.2) is 8.42 Å². The van der Waals surface area contributed by atoms with Crippen molar-refractivity contribution in [3.05, 3.63) is 29.8 Å². The monoisotopic (exact) mass is 326 g/mol. The molecule has 1 fully saturated rings. The zero-order valence-electron chi connectivity index (χ0n) is 13.2. The summed E-state index contributed by atoms with van der Waals surface area (Å²) in [5.74, 6) is 0. The summed E-state index contributed by atoms with van der Waals surface area (Å²) in [7, 11) is -3.39. The second-order valence-electron chi connectivity index (χ2n) is 5.62. The van der Waals surface area contributed by atoms with Crippen molar-refractivity contribution >= 4 is 10.0 Å². The van der Waals surface area contributed by atoms with E-state index in [-0.39, 0.29) is 6.10 Å². The van der Waals surface area contributed by atoms with Gasteiger partial charge >= 0.3 is 0 Å². The predicted molar refractivity (Wildman–Crippen MR) is 87.2 cm³/mol. The highest BCUT2D eigenvalue weighted by Gasteiger charge is 2.29. The van der Waals surface area contributed by atoms with Gasteiger partial charge in [-0.05, 0) is 49.9 Å². The van der Waals surface area contributed by atoms with Crippen molar-refractivity contribution in [1.29, 1.82) is 0 Å². The third kappa shape index (κ3) is 4.29. The molecule has 1 saturated heterocycles. The Labute approximate surface area is 133 Å². The molecule has 1 heterocycles. The first-order valence-corrected chi connectivity index (χ1v) is 9.42. The zero-order chi connectivity index (χ0) is 16.0. The van der Waals surface area contributed by atoms with E-state index in [1.807, 2.05) is 19.1 Å². The van der Waals surface area contributed by atoms with Gasteiger partial charge in [-0.1, -0.05) is 19.1 Å². The van der Waals surface area contributed by atoms with Gasteiger partial charge in [-0.2, -0.15) is 4.31 Å². The van der Waals surface area contributed by atoms with Gasteiger partial charge in [-0.15, -0.1) is 0 Å². The Morgan fingerprint density at radius 1 is 1.32 bits per heavy atom. The Morgan fingerprint density at radius 2 is 2.05 bits per heavy atom. The molecule has 0 unspecified atom stereocenters. The van der Waals surface area contributed by atoms with Crippen LogP contribution in [0.3, 0.4) is 0 Å². The molecule has 0 atom stereocenters. The molecule has 0 radical (unpaired) electrons. The summed E-state index contributed by atoms with van der Waals surface area (Å²) in [4.78, 5) is 0.398. The van der Waals surface area contributed by atoms with Crippen molar-refractivity contribution < 1.29 is 13.2 Å². The van der Waals surface area contributed by atoms with Gasteiger partial charge in [0, 0.05) is 19.7 Å². The number of ether oxygens (including phenoxy) is 1. The minimum absolute atomic E-state index is 0.153. The maximum Gasteiger partial charge on any atom is 0.243 e. The van der Waals surface area contributed by atoms with Gasteiger partial charge in [0.15, 0.2) is 0 Å². The lowest BCUT2D eigenvalue weighted by Gasteiger charge is -2.31. The fourth-order valence-corrected chi connectivity index (χ4v) is 4.19. The third-order valence-electron chi connectivity index (χ3n) is 4.05. The fraction of sp³-hybridized carbons (Fsp3) is 0.625. The Hall–Kier alpha value is -0.950. The van der Waals surface area contributed by atoms with Crippen molar-refractivity contribution in [2.24, 2.45) is 5.73 Å². The van der Waals surface area contributed by atoms with Crippen LogP contribution in [0.4, 0.5) is 0 Å². The minimum Gasteiger partial charge on any atom is -0.378 e. The molecule has 1 aliphatic rings. The smallest absolute Gasteiger partial charge is 0.243 e. The van der Waals surface area contributed by atoms with E-state index < -0.39 is 10.0 Å². The number of sulfonamides is 1. The molecule has 1 aromatic rings. The van der Waals surface area contributed by atoms with Crippen LogP contribution >= 0.6 is 0 Å². The second-order valence-corrected chi connectivity index (χ2v) is 7.56. The first-order chi connectivity index (χ1) is 10.6. The highest BCUT2D eigenvalue weighted by atomic mass is 32.2. The summed E-state index contributed by atoms with van der Waals surface area (Å²) in [5.41, 5.74) is 6.49. The summed E-state index contributed by atoms with van der Waals surface area (Å²) in [6.45, 7) is 4.35. The van der Waals surface area contributed by atoms with Crippen molar-refractivity contribution in [2.75, 3.05) is 26.2 Å². The van der Waals surface area contributed by atoms with Crippen LogP contribution in [0.15, 0.2) is 29.2 Å². The number of hydrogen-bond acceptors (Lipinski definition) is 4. The third-order valence-corrected chi connectivity index (χ3v) is 5.94. The maximum absolute atomic E-state index is 12.7. The molecule has 5 nitrogen and oxygen atoms in total. The van der Waals surface area contributed by atoms with Crippen LogP contribution in [0.5, 0.6) is 0 Å². The minimum atomic E-state index is -3.39. The van der Waals surface area contributed by atoms with E-state index in [1.165, 1.54) is 0 Å². The van der Waals surface area contributed by atoms with E-state index in [0.29, 0.717) is 31.1 Å². The topological polar surface area (TPSA) is 72.6 Å². The highest BCUT2D eigenvalue weighted by molar-refractivity contribution is 7.89. The number of hydrogen-bond donors (Lipinski definition) is 1. The molecule has 0 bridgehead atoms. The van der Waals surface area contributed by atoms with Crippen molar-refractivity contribution in [3.8, 4) is 0 Å². The molecule has 22 heavy (non-hydrogen) atoms. The van der Waals surface area contributed by atoms with E-state index in [1.54, 1.807) is 16.4 Å². The predicted octanol–water partition coefficient (Wildman–Crippen LogP) is 1.77. The van der Waals surface area contributed by atoms with Crippen LogP contribution in [0.1, 0.15) is 31.7 Å². The molecule has 0 amide bonds. The zero-order valence-corrected chi connectivity index (χ0v) is 14.0. The molecule has 0 aromatic heterocycles. The molecular weight excluding hydrogens is 300 g/mol. The lowest BCUT2D eigenvalue weighted by Crippen LogP contribution is -2.41. The summed E-state index contributed by atoms with van der Waals surface area (Å²) < 4.78 is 32.7.